The van der Waals surface area contributed by atoms with Gasteiger partial charge in [0.1, 0.15) is 11.3 Å². The van der Waals surface area contributed by atoms with E-state index in [2.05, 4.69) is 28.6 Å². The number of rotatable bonds is 8. The number of benzene rings is 3. The van der Waals surface area contributed by atoms with E-state index < -0.39 is 6.36 Å². The van der Waals surface area contributed by atoms with Gasteiger partial charge in [-0.1, -0.05) is 38.1 Å². The van der Waals surface area contributed by atoms with Gasteiger partial charge in [-0.2, -0.15) is 0 Å². The van der Waals surface area contributed by atoms with E-state index in [1.54, 1.807) is 24.4 Å². The van der Waals surface area contributed by atoms with Crippen molar-refractivity contribution in [2.75, 3.05) is 6.54 Å². The lowest BCUT2D eigenvalue weighted by molar-refractivity contribution is -0.274. The second-order valence-corrected chi connectivity index (χ2v) is 8.36. The summed E-state index contributed by atoms with van der Waals surface area (Å²) < 4.78 is 46.6. The number of fused-ring (bicyclic) bond motifs is 1. The zero-order valence-corrected chi connectivity index (χ0v) is 19.2. The highest BCUT2D eigenvalue weighted by Gasteiger charge is 2.31. The Labute approximate surface area is 200 Å². The quantitative estimate of drug-likeness (QED) is 0.262. The molecule has 0 unspecified atom stereocenters. The molecule has 1 aromatic heterocycles. The molecule has 180 valence electrons. The molecule has 3 aromatic carbocycles. The molecule has 0 aliphatic heterocycles. The van der Waals surface area contributed by atoms with Gasteiger partial charge < -0.3 is 9.15 Å². The fourth-order valence-electron chi connectivity index (χ4n) is 3.73. The summed E-state index contributed by atoms with van der Waals surface area (Å²) in [6.07, 6.45) is -2.80. The number of hydrogen-bond donors (Lipinski definition) is 0. The normalized spacial score (nSPS) is 12.1. The summed E-state index contributed by atoms with van der Waals surface area (Å²) >= 11 is 0. The summed E-state index contributed by atoms with van der Waals surface area (Å²) in [5.74, 6) is 0.314. The van der Waals surface area contributed by atoms with Crippen molar-refractivity contribution in [3.05, 3.63) is 83.4 Å². The van der Waals surface area contributed by atoms with Crippen LogP contribution < -0.4 is 4.74 Å². The highest BCUT2D eigenvalue weighted by molar-refractivity contribution is 5.89. The third kappa shape index (κ3) is 6.35. The summed E-state index contributed by atoms with van der Waals surface area (Å²) in [6.45, 7) is 4.27. The molecule has 0 aliphatic carbocycles. The Hall–Kier alpha value is -3.94. The topological polar surface area (TPSA) is 64.7 Å². The fourth-order valence-corrected chi connectivity index (χ4v) is 3.73. The summed E-state index contributed by atoms with van der Waals surface area (Å²) in [7, 11) is 0. The molecule has 0 N–H and O–H groups in total. The van der Waals surface area contributed by atoms with Gasteiger partial charge in [0.25, 0.3) is 0 Å². The van der Waals surface area contributed by atoms with Gasteiger partial charge in [-0.25, -0.2) is 4.98 Å². The van der Waals surface area contributed by atoms with Crippen molar-refractivity contribution in [3.8, 4) is 17.2 Å². The van der Waals surface area contributed by atoms with Crippen molar-refractivity contribution in [1.82, 2.24) is 4.98 Å². The molecule has 0 amide bonds. The van der Waals surface area contributed by atoms with E-state index in [1.165, 1.54) is 29.8 Å². The molecule has 35 heavy (non-hydrogen) atoms. The fraction of sp³-hybridized carbons (Fsp3) is 0.222. The number of halogens is 3. The number of nitrogens with zero attached hydrogens (tertiary/aromatic N) is 2. The Bertz CT molecular complexity index is 1360. The number of Topliss-reactive ketones (excluding diaryl/α,β-unsaturated/α-hetero) is 1. The third-order valence-electron chi connectivity index (χ3n) is 5.32. The smallest absolute Gasteiger partial charge is 0.436 e. The van der Waals surface area contributed by atoms with Crippen LogP contribution in [0.4, 0.5) is 13.2 Å². The Morgan fingerprint density at radius 1 is 1.09 bits per heavy atom. The SMILES string of the molecule is CC(C)c1ccccc1CC(=O)CN=Cc1ccc2oc(-c3ccc(OC(F)(F)F)cc3)nc2c1. The predicted octanol–water partition coefficient (Wildman–Crippen LogP) is 6.75. The molecule has 0 atom stereocenters. The van der Waals surface area contributed by atoms with E-state index in [-0.39, 0.29) is 24.0 Å². The van der Waals surface area contributed by atoms with Crippen molar-refractivity contribution >= 4 is 23.1 Å². The molecule has 0 aliphatic rings. The van der Waals surface area contributed by atoms with Crippen molar-refractivity contribution in [1.29, 1.82) is 0 Å². The number of aliphatic imine (C=N–C) groups is 1. The average molecular weight is 480 g/mol. The van der Waals surface area contributed by atoms with Crippen LogP contribution in [0.3, 0.4) is 0 Å². The maximum atomic E-state index is 12.4. The van der Waals surface area contributed by atoms with Gasteiger partial charge >= 0.3 is 6.36 Å². The number of ketones is 1. The van der Waals surface area contributed by atoms with Crippen molar-refractivity contribution in [3.63, 3.8) is 0 Å². The minimum absolute atomic E-state index is 0.0251. The second kappa shape index (κ2) is 10.1. The molecular formula is C27H23F3N2O3. The number of alkyl halides is 3. The Balaban J connectivity index is 1.42. The second-order valence-electron chi connectivity index (χ2n) is 8.36. The van der Waals surface area contributed by atoms with Crippen LogP contribution in [-0.2, 0) is 11.2 Å². The lowest BCUT2D eigenvalue weighted by atomic mass is 9.94. The standard InChI is InChI=1S/C27H23F3N2O3/c1-17(2)23-6-4-3-5-20(23)14-21(33)16-31-15-18-7-12-25-24(13-18)32-26(34-25)19-8-10-22(11-9-19)35-27(28,29)30/h3-13,15,17H,14,16H2,1-2H3. The van der Waals surface area contributed by atoms with Crippen LogP contribution in [0, 0.1) is 0 Å². The van der Waals surface area contributed by atoms with E-state index in [9.17, 15) is 18.0 Å². The van der Waals surface area contributed by atoms with Crippen LogP contribution in [0.2, 0.25) is 0 Å². The first-order chi connectivity index (χ1) is 16.7. The minimum Gasteiger partial charge on any atom is -0.436 e. The maximum Gasteiger partial charge on any atom is 0.573 e. The summed E-state index contributed by atoms with van der Waals surface area (Å²) in [5.41, 5.74) is 4.54. The molecular weight excluding hydrogens is 457 g/mol. The van der Waals surface area contributed by atoms with Crippen molar-refractivity contribution in [2.45, 2.75) is 32.5 Å². The van der Waals surface area contributed by atoms with Gasteiger partial charge in [-0.05, 0) is 65.1 Å². The molecule has 0 fully saturated rings. The van der Waals surface area contributed by atoms with E-state index >= 15 is 0 Å². The van der Waals surface area contributed by atoms with E-state index in [1.807, 2.05) is 24.3 Å². The summed E-state index contributed by atoms with van der Waals surface area (Å²) in [5, 5.41) is 0. The van der Waals surface area contributed by atoms with Gasteiger partial charge in [0.15, 0.2) is 11.4 Å². The molecule has 1 heterocycles. The first-order valence-corrected chi connectivity index (χ1v) is 11.0. The number of aromatic nitrogens is 1. The lowest BCUT2D eigenvalue weighted by Gasteiger charge is -2.11. The molecule has 0 radical (unpaired) electrons. The molecule has 0 saturated carbocycles. The highest BCUT2D eigenvalue weighted by atomic mass is 19.4. The summed E-state index contributed by atoms with van der Waals surface area (Å²) in [4.78, 5) is 21.1. The van der Waals surface area contributed by atoms with Gasteiger partial charge in [0, 0.05) is 18.2 Å². The number of oxazole rings is 1. The highest BCUT2D eigenvalue weighted by Crippen LogP contribution is 2.28. The number of carbonyl (C=O) groups is 1. The Morgan fingerprint density at radius 2 is 1.83 bits per heavy atom. The van der Waals surface area contributed by atoms with Crippen LogP contribution in [0.5, 0.6) is 5.75 Å². The van der Waals surface area contributed by atoms with Crippen molar-refractivity contribution < 1.29 is 27.1 Å². The Morgan fingerprint density at radius 3 is 2.54 bits per heavy atom. The lowest BCUT2D eigenvalue weighted by Crippen LogP contribution is -2.16. The van der Waals surface area contributed by atoms with E-state index in [0.29, 0.717) is 29.0 Å². The predicted molar refractivity (Wildman–Crippen MR) is 128 cm³/mol. The largest absolute Gasteiger partial charge is 0.573 e. The van der Waals surface area contributed by atoms with Crippen LogP contribution in [0.1, 0.15) is 36.5 Å². The summed E-state index contributed by atoms with van der Waals surface area (Å²) in [6, 6.07) is 18.5. The van der Waals surface area contributed by atoms with Crippen molar-refractivity contribution in [2.24, 2.45) is 4.99 Å². The number of carbonyl (C=O) groups excluding carboxylic acids is 1. The zero-order chi connectivity index (χ0) is 25.0. The Kier molecular flexibility index (Phi) is 7.00. The molecule has 0 bridgehead atoms. The van der Waals surface area contributed by atoms with Crippen LogP contribution >= 0.6 is 0 Å². The van der Waals surface area contributed by atoms with Crippen LogP contribution in [0.25, 0.3) is 22.6 Å². The molecule has 5 nitrogen and oxygen atoms in total. The van der Waals surface area contributed by atoms with Gasteiger partial charge in [-0.15, -0.1) is 13.2 Å². The first-order valence-electron chi connectivity index (χ1n) is 11.0. The number of hydrogen-bond acceptors (Lipinski definition) is 5. The maximum absolute atomic E-state index is 12.4. The third-order valence-corrected chi connectivity index (χ3v) is 5.32. The number of ether oxygens (including phenoxy) is 1. The van der Waals surface area contributed by atoms with E-state index in [0.717, 1.165) is 11.1 Å². The molecule has 0 saturated heterocycles. The molecule has 0 spiro atoms. The van der Waals surface area contributed by atoms with Crippen LogP contribution in [0.15, 0.2) is 76.1 Å². The monoisotopic (exact) mass is 480 g/mol. The molecule has 4 aromatic rings. The van der Waals surface area contributed by atoms with Gasteiger partial charge in [-0.3, -0.25) is 9.79 Å². The minimum atomic E-state index is -4.75. The molecule has 8 heteroatoms. The van der Waals surface area contributed by atoms with Crippen LogP contribution in [-0.4, -0.2) is 29.9 Å². The average Bonchev–Trinajstić information content (AvgIpc) is 3.22. The van der Waals surface area contributed by atoms with Gasteiger partial charge in [0.05, 0.1) is 6.54 Å². The van der Waals surface area contributed by atoms with E-state index in [4.69, 9.17) is 4.42 Å². The first kappa shape index (κ1) is 24.2. The molecule has 4 rings (SSSR count). The zero-order valence-electron chi connectivity index (χ0n) is 19.2. The van der Waals surface area contributed by atoms with Gasteiger partial charge in [0.2, 0.25) is 5.89 Å².